The zero-order valence-corrected chi connectivity index (χ0v) is 15.1. The number of benzene rings is 1. The van der Waals surface area contributed by atoms with Crippen LogP contribution in [0.3, 0.4) is 0 Å². The molecule has 25 heavy (non-hydrogen) atoms. The Kier molecular flexibility index (Phi) is 4.67. The molecule has 2 aromatic rings. The van der Waals surface area contributed by atoms with Crippen LogP contribution in [0.4, 0.5) is 0 Å². The molecule has 2 heterocycles. The van der Waals surface area contributed by atoms with E-state index in [4.69, 9.17) is 0 Å². The Balaban J connectivity index is 2.00. The highest BCUT2D eigenvalue weighted by Gasteiger charge is 2.42. The van der Waals surface area contributed by atoms with Gasteiger partial charge in [-0.1, -0.05) is 26.0 Å². The van der Waals surface area contributed by atoms with Gasteiger partial charge in [0.15, 0.2) is 4.80 Å². The van der Waals surface area contributed by atoms with Crippen LogP contribution in [-0.2, 0) is 11.8 Å². The van der Waals surface area contributed by atoms with Crippen LogP contribution in [0.2, 0.25) is 0 Å². The topological polar surface area (TPSA) is 71.7 Å². The first-order chi connectivity index (χ1) is 11.9. The molecular formula is C18H19N3O3S. The molecule has 1 unspecified atom stereocenters. The molecule has 0 bridgehead atoms. The quantitative estimate of drug-likeness (QED) is 0.788. The number of aryl methyl sites for hydroxylation is 1. The third-order valence-electron chi connectivity index (χ3n) is 4.08. The molecule has 0 aliphatic carbocycles. The Morgan fingerprint density at radius 1 is 1.16 bits per heavy atom. The van der Waals surface area contributed by atoms with E-state index in [0.29, 0.717) is 22.3 Å². The number of nitrogens with zero attached hydrogens (tertiary/aromatic N) is 3. The molecule has 1 aliphatic heterocycles. The first-order valence-electron chi connectivity index (χ1n) is 8.05. The van der Waals surface area contributed by atoms with Crippen LogP contribution in [-0.4, -0.2) is 33.2 Å². The molecule has 6 nitrogen and oxygen atoms in total. The van der Waals surface area contributed by atoms with E-state index in [1.54, 1.807) is 42.1 Å². The van der Waals surface area contributed by atoms with Gasteiger partial charge in [0.1, 0.15) is 6.04 Å². The summed E-state index contributed by atoms with van der Waals surface area (Å²) in [6.45, 7) is 3.90. The van der Waals surface area contributed by atoms with Crippen LogP contribution in [0.1, 0.15) is 41.0 Å². The second-order valence-electron chi connectivity index (χ2n) is 6.42. The average molecular weight is 357 g/mol. The Morgan fingerprint density at radius 2 is 1.76 bits per heavy atom. The minimum atomic E-state index is -0.894. The van der Waals surface area contributed by atoms with Crippen molar-refractivity contribution in [2.45, 2.75) is 26.3 Å². The summed E-state index contributed by atoms with van der Waals surface area (Å²) in [6, 6.07) is 5.76. The summed E-state index contributed by atoms with van der Waals surface area (Å²) in [6.07, 6.45) is 2.18. The zero-order valence-electron chi connectivity index (χ0n) is 14.3. The van der Waals surface area contributed by atoms with Gasteiger partial charge in [0.25, 0.3) is 17.7 Å². The second-order valence-corrected chi connectivity index (χ2v) is 7.29. The molecule has 1 atom stereocenters. The standard InChI is InChI=1S/C18H19N3O3S/c1-11(2)10-14(15(22)19-18-20(3)8-9-25-18)21-16(23)12-6-4-5-7-13(12)17(21)24/h4-9,11,14H,10H2,1-3H3. The van der Waals surface area contributed by atoms with Gasteiger partial charge < -0.3 is 4.57 Å². The molecule has 0 fully saturated rings. The fourth-order valence-corrected chi connectivity index (χ4v) is 3.59. The van der Waals surface area contributed by atoms with Crippen molar-refractivity contribution in [3.05, 3.63) is 51.8 Å². The number of carbonyl (C=O) groups excluding carboxylic acids is 3. The first-order valence-corrected chi connectivity index (χ1v) is 8.93. The Morgan fingerprint density at radius 3 is 2.24 bits per heavy atom. The number of rotatable bonds is 4. The van der Waals surface area contributed by atoms with Crippen LogP contribution in [0, 0.1) is 5.92 Å². The van der Waals surface area contributed by atoms with Crippen molar-refractivity contribution in [3.63, 3.8) is 0 Å². The van der Waals surface area contributed by atoms with E-state index >= 15 is 0 Å². The van der Waals surface area contributed by atoms with E-state index in [1.807, 2.05) is 19.2 Å². The number of hydrogen-bond donors (Lipinski definition) is 0. The summed E-state index contributed by atoms with van der Waals surface area (Å²) in [5, 5.41) is 1.82. The van der Waals surface area contributed by atoms with Gasteiger partial charge in [0, 0.05) is 18.6 Å². The summed E-state index contributed by atoms with van der Waals surface area (Å²) < 4.78 is 1.73. The molecule has 130 valence electrons. The lowest BCUT2D eigenvalue weighted by Gasteiger charge is -2.24. The third-order valence-corrected chi connectivity index (χ3v) is 4.93. The van der Waals surface area contributed by atoms with Gasteiger partial charge >= 0.3 is 0 Å². The van der Waals surface area contributed by atoms with Crippen molar-refractivity contribution < 1.29 is 14.4 Å². The SMILES string of the molecule is CC(C)CC(C(=O)N=c1sccn1C)N1C(=O)c2ccccc2C1=O. The van der Waals surface area contributed by atoms with Crippen molar-refractivity contribution in [1.29, 1.82) is 0 Å². The zero-order chi connectivity index (χ0) is 18.1. The lowest BCUT2D eigenvalue weighted by atomic mass is 10.0. The summed E-state index contributed by atoms with van der Waals surface area (Å²) in [5.74, 6) is -1.19. The third kappa shape index (κ3) is 3.19. The first kappa shape index (κ1) is 17.3. The number of carbonyl (C=O) groups is 3. The molecule has 1 aliphatic rings. The van der Waals surface area contributed by atoms with E-state index in [0.717, 1.165) is 4.90 Å². The largest absolute Gasteiger partial charge is 0.327 e. The molecule has 7 heteroatoms. The summed E-state index contributed by atoms with van der Waals surface area (Å²) in [4.78, 5) is 44.0. The normalized spacial score (nSPS) is 15.8. The molecule has 3 amide bonds. The lowest BCUT2D eigenvalue weighted by molar-refractivity contribution is -0.122. The second kappa shape index (κ2) is 6.76. The van der Waals surface area contributed by atoms with Crippen molar-refractivity contribution in [2.75, 3.05) is 0 Å². The molecule has 3 rings (SSSR count). The minimum Gasteiger partial charge on any atom is -0.327 e. The van der Waals surface area contributed by atoms with E-state index in [1.165, 1.54) is 11.3 Å². The number of amides is 3. The number of imide groups is 1. The van der Waals surface area contributed by atoms with E-state index in [2.05, 4.69) is 4.99 Å². The van der Waals surface area contributed by atoms with Gasteiger partial charge in [-0.15, -0.1) is 11.3 Å². The van der Waals surface area contributed by atoms with Crippen molar-refractivity contribution in [1.82, 2.24) is 9.47 Å². The Hall–Kier alpha value is -2.54. The fourth-order valence-electron chi connectivity index (χ4n) is 2.86. The lowest BCUT2D eigenvalue weighted by Crippen LogP contribution is -2.45. The maximum Gasteiger partial charge on any atom is 0.271 e. The minimum absolute atomic E-state index is 0.130. The van der Waals surface area contributed by atoms with Crippen LogP contribution in [0.25, 0.3) is 0 Å². The smallest absolute Gasteiger partial charge is 0.271 e. The van der Waals surface area contributed by atoms with Crippen LogP contribution < -0.4 is 4.80 Å². The van der Waals surface area contributed by atoms with Gasteiger partial charge in [-0.25, -0.2) is 0 Å². The highest BCUT2D eigenvalue weighted by Crippen LogP contribution is 2.27. The van der Waals surface area contributed by atoms with Gasteiger partial charge in [-0.2, -0.15) is 4.99 Å². The fraction of sp³-hybridized carbons (Fsp3) is 0.333. The number of fused-ring (bicyclic) bond motifs is 1. The Labute approximate surface area is 149 Å². The molecule has 0 spiro atoms. The van der Waals surface area contributed by atoms with Crippen molar-refractivity contribution in [2.24, 2.45) is 18.0 Å². The monoisotopic (exact) mass is 357 g/mol. The average Bonchev–Trinajstić information content (AvgIpc) is 3.08. The summed E-state index contributed by atoms with van der Waals surface area (Å²) in [7, 11) is 1.79. The van der Waals surface area contributed by atoms with E-state index < -0.39 is 23.8 Å². The maximum atomic E-state index is 12.8. The molecule has 1 aromatic heterocycles. The Bertz CT molecular complexity index is 875. The van der Waals surface area contributed by atoms with Crippen molar-refractivity contribution in [3.8, 4) is 0 Å². The molecule has 0 saturated carbocycles. The molecule has 0 saturated heterocycles. The predicted molar refractivity (Wildman–Crippen MR) is 94.0 cm³/mol. The number of aromatic nitrogens is 1. The summed E-state index contributed by atoms with van der Waals surface area (Å²) >= 11 is 1.33. The molecular weight excluding hydrogens is 338 g/mol. The van der Waals surface area contributed by atoms with Gasteiger partial charge in [-0.05, 0) is 24.5 Å². The number of hydrogen-bond acceptors (Lipinski definition) is 4. The number of thiazole rings is 1. The van der Waals surface area contributed by atoms with E-state index in [-0.39, 0.29) is 5.92 Å². The van der Waals surface area contributed by atoms with Crippen LogP contribution >= 0.6 is 11.3 Å². The van der Waals surface area contributed by atoms with Crippen LogP contribution in [0.15, 0.2) is 40.8 Å². The molecule has 0 N–H and O–H groups in total. The van der Waals surface area contributed by atoms with Gasteiger partial charge in [0.05, 0.1) is 11.1 Å². The van der Waals surface area contributed by atoms with E-state index in [9.17, 15) is 14.4 Å². The molecule has 1 aromatic carbocycles. The van der Waals surface area contributed by atoms with Crippen LogP contribution in [0.5, 0.6) is 0 Å². The van der Waals surface area contributed by atoms with Gasteiger partial charge in [-0.3, -0.25) is 19.3 Å². The maximum absolute atomic E-state index is 12.8. The van der Waals surface area contributed by atoms with Gasteiger partial charge in [0.2, 0.25) is 0 Å². The summed E-state index contributed by atoms with van der Waals surface area (Å²) in [5.41, 5.74) is 0.687. The van der Waals surface area contributed by atoms with Crippen molar-refractivity contribution >= 4 is 29.1 Å². The highest BCUT2D eigenvalue weighted by molar-refractivity contribution is 7.07. The predicted octanol–water partition coefficient (Wildman–Crippen LogP) is 2.22. The highest BCUT2D eigenvalue weighted by atomic mass is 32.1. The molecule has 0 radical (unpaired) electrons.